The Labute approximate surface area is 200 Å². The Balaban J connectivity index is 1.27. The molecule has 2 amide bonds. The van der Waals surface area contributed by atoms with Crippen LogP contribution in [0.5, 0.6) is 23.0 Å². The molecule has 1 heterocycles. The van der Waals surface area contributed by atoms with Gasteiger partial charge in [-0.25, -0.2) is 9.82 Å². The zero-order valence-corrected chi connectivity index (χ0v) is 18.7. The summed E-state index contributed by atoms with van der Waals surface area (Å²) in [6.45, 7) is 0.536. The predicted octanol–water partition coefficient (Wildman–Crippen LogP) is 2.91. The number of hydrogen-bond donors (Lipinski definition) is 2. The van der Waals surface area contributed by atoms with Crippen molar-refractivity contribution in [3.63, 3.8) is 0 Å². The van der Waals surface area contributed by atoms with Crippen molar-refractivity contribution in [2.45, 2.75) is 13.2 Å². The first kappa shape index (κ1) is 23.6. The number of nitrogens with one attached hydrogen (secondary N) is 2. The number of carbonyl (C=O) groups excluding carboxylic acids is 2. The highest BCUT2D eigenvalue weighted by Gasteiger charge is 2.15. The van der Waals surface area contributed by atoms with E-state index >= 15 is 0 Å². The molecule has 1 aliphatic heterocycles. The third-order valence-corrected chi connectivity index (χ3v) is 4.97. The van der Waals surface area contributed by atoms with Gasteiger partial charge in [0.25, 0.3) is 0 Å². The average Bonchev–Trinajstić information content (AvgIpc) is 3.35. The van der Waals surface area contributed by atoms with Crippen molar-refractivity contribution in [1.82, 2.24) is 10.7 Å². The summed E-state index contributed by atoms with van der Waals surface area (Å²) >= 11 is 0. The van der Waals surface area contributed by atoms with Gasteiger partial charge in [0.1, 0.15) is 12.4 Å². The van der Waals surface area contributed by atoms with Crippen molar-refractivity contribution in [3.05, 3.63) is 83.2 Å². The lowest BCUT2D eigenvalue weighted by Crippen LogP contribution is -2.37. The van der Waals surface area contributed by atoms with E-state index in [9.17, 15) is 14.0 Å². The summed E-state index contributed by atoms with van der Waals surface area (Å²) in [7, 11) is 1.49. The van der Waals surface area contributed by atoms with Gasteiger partial charge in [0.05, 0.1) is 13.3 Å². The molecule has 0 bridgehead atoms. The van der Waals surface area contributed by atoms with Crippen LogP contribution in [-0.4, -0.2) is 31.9 Å². The summed E-state index contributed by atoms with van der Waals surface area (Å²) in [4.78, 5) is 24.0. The summed E-state index contributed by atoms with van der Waals surface area (Å²) in [5.74, 6) is 0.105. The number of methoxy groups -OCH3 is 1. The van der Waals surface area contributed by atoms with Crippen LogP contribution in [0.15, 0.2) is 65.8 Å². The van der Waals surface area contributed by atoms with Crippen LogP contribution in [-0.2, 0) is 22.7 Å². The lowest BCUT2D eigenvalue weighted by Gasteiger charge is -2.11. The predicted molar refractivity (Wildman–Crippen MR) is 124 cm³/mol. The molecule has 4 rings (SSSR count). The van der Waals surface area contributed by atoms with E-state index < -0.39 is 11.8 Å². The molecule has 1 aliphatic rings. The number of amides is 2. The number of halogens is 1. The number of ether oxygens (including phenoxy) is 4. The van der Waals surface area contributed by atoms with E-state index in [1.165, 1.54) is 25.5 Å². The van der Waals surface area contributed by atoms with Crippen molar-refractivity contribution in [2.24, 2.45) is 5.10 Å². The molecule has 3 aromatic carbocycles. The van der Waals surface area contributed by atoms with Crippen LogP contribution in [0, 0.1) is 5.82 Å². The molecular formula is C25H22FN3O6. The molecule has 3 aromatic rings. The van der Waals surface area contributed by atoms with Crippen molar-refractivity contribution in [2.75, 3.05) is 13.9 Å². The molecule has 180 valence electrons. The largest absolute Gasteiger partial charge is 0.493 e. The number of carbonyl (C=O) groups is 2. The summed E-state index contributed by atoms with van der Waals surface area (Å²) in [6.07, 6.45) is 1.37. The van der Waals surface area contributed by atoms with E-state index in [1.807, 2.05) is 0 Å². The molecule has 0 fully saturated rings. The molecule has 0 spiro atoms. The maximum absolute atomic E-state index is 13.0. The molecule has 35 heavy (non-hydrogen) atoms. The normalized spacial score (nSPS) is 11.8. The Morgan fingerprint density at radius 3 is 2.54 bits per heavy atom. The minimum absolute atomic E-state index is 0.142. The van der Waals surface area contributed by atoms with Crippen molar-refractivity contribution in [3.8, 4) is 23.0 Å². The van der Waals surface area contributed by atoms with Gasteiger partial charge in [-0.05, 0) is 59.2 Å². The minimum atomic E-state index is -0.909. The second-order valence-electron chi connectivity index (χ2n) is 7.39. The van der Waals surface area contributed by atoms with Gasteiger partial charge in [-0.3, -0.25) is 9.59 Å². The number of nitrogens with zero attached hydrogens (tertiary/aromatic N) is 1. The molecule has 9 nitrogen and oxygen atoms in total. The van der Waals surface area contributed by atoms with Crippen LogP contribution in [0.1, 0.15) is 16.7 Å². The number of rotatable bonds is 8. The van der Waals surface area contributed by atoms with Gasteiger partial charge in [0, 0.05) is 6.54 Å². The van der Waals surface area contributed by atoms with E-state index in [0.29, 0.717) is 28.6 Å². The lowest BCUT2D eigenvalue weighted by atomic mass is 10.2. The van der Waals surface area contributed by atoms with E-state index in [4.69, 9.17) is 18.9 Å². The van der Waals surface area contributed by atoms with E-state index in [-0.39, 0.29) is 25.8 Å². The van der Waals surface area contributed by atoms with Crippen LogP contribution >= 0.6 is 0 Å². The first-order valence-electron chi connectivity index (χ1n) is 10.6. The second-order valence-corrected chi connectivity index (χ2v) is 7.39. The lowest BCUT2D eigenvalue weighted by molar-refractivity contribution is -0.139. The van der Waals surface area contributed by atoms with Gasteiger partial charge in [0.15, 0.2) is 23.0 Å². The van der Waals surface area contributed by atoms with Gasteiger partial charge < -0.3 is 24.3 Å². The number of hydrogen-bond acceptors (Lipinski definition) is 7. The molecule has 0 unspecified atom stereocenters. The van der Waals surface area contributed by atoms with Crippen LogP contribution < -0.4 is 29.7 Å². The average molecular weight is 479 g/mol. The number of hydrazone groups is 1. The monoisotopic (exact) mass is 479 g/mol. The van der Waals surface area contributed by atoms with E-state index in [1.54, 1.807) is 48.5 Å². The fourth-order valence-corrected chi connectivity index (χ4v) is 3.16. The van der Waals surface area contributed by atoms with Gasteiger partial charge in [0.2, 0.25) is 6.79 Å². The summed E-state index contributed by atoms with van der Waals surface area (Å²) in [6, 6.07) is 16.3. The summed E-state index contributed by atoms with van der Waals surface area (Å²) in [5.41, 5.74) is 4.35. The summed E-state index contributed by atoms with van der Waals surface area (Å²) in [5, 5.41) is 6.33. The SMILES string of the molecule is COc1cc(/C=N/NC(=O)C(=O)NCc2ccc3c(c2)OCO3)ccc1OCc1ccc(F)cc1. The third-order valence-electron chi connectivity index (χ3n) is 4.97. The van der Waals surface area contributed by atoms with Crippen LogP contribution in [0.4, 0.5) is 4.39 Å². The fraction of sp³-hybridized carbons (Fsp3) is 0.160. The van der Waals surface area contributed by atoms with Crippen molar-refractivity contribution in [1.29, 1.82) is 0 Å². The van der Waals surface area contributed by atoms with Gasteiger partial charge in [-0.15, -0.1) is 0 Å². The van der Waals surface area contributed by atoms with Crippen LogP contribution in [0.2, 0.25) is 0 Å². The molecule has 0 saturated heterocycles. The molecule has 2 N–H and O–H groups in total. The molecule has 10 heteroatoms. The van der Waals surface area contributed by atoms with Gasteiger partial charge in [-0.1, -0.05) is 18.2 Å². The molecular weight excluding hydrogens is 457 g/mol. The molecule has 0 atom stereocenters. The second kappa shape index (κ2) is 11.0. The highest BCUT2D eigenvalue weighted by atomic mass is 19.1. The Kier molecular flexibility index (Phi) is 7.41. The third kappa shape index (κ3) is 6.26. The number of fused-ring (bicyclic) bond motifs is 1. The summed E-state index contributed by atoms with van der Waals surface area (Å²) < 4.78 is 34.6. The van der Waals surface area contributed by atoms with Crippen molar-refractivity contribution >= 4 is 18.0 Å². The molecule has 0 aromatic heterocycles. The molecule has 0 saturated carbocycles. The maximum atomic E-state index is 13.0. The molecule has 0 radical (unpaired) electrons. The van der Waals surface area contributed by atoms with Gasteiger partial charge in [-0.2, -0.15) is 5.10 Å². The zero-order valence-electron chi connectivity index (χ0n) is 18.7. The van der Waals surface area contributed by atoms with E-state index in [2.05, 4.69) is 15.8 Å². The highest BCUT2D eigenvalue weighted by molar-refractivity contribution is 6.35. The topological polar surface area (TPSA) is 107 Å². The highest BCUT2D eigenvalue weighted by Crippen LogP contribution is 2.32. The van der Waals surface area contributed by atoms with Gasteiger partial charge >= 0.3 is 11.8 Å². The number of benzene rings is 3. The Hall–Kier alpha value is -4.60. The Morgan fingerprint density at radius 2 is 1.74 bits per heavy atom. The smallest absolute Gasteiger partial charge is 0.329 e. The van der Waals surface area contributed by atoms with Crippen LogP contribution in [0.3, 0.4) is 0 Å². The zero-order chi connectivity index (χ0) is 24.6. The Bertz CT molecular complexity index is 1250. The first-order valence-corrected chi connectivity index (χ1v) is 10.6. The fourth-order valence-electron chi connectivity index (χ4n) is 3.16. The van der Waals surface area contributed by atoms with Crippen LogP contribution in [0.25, 0.3) is 0 Å². The Morgan fingerprint density at radius 1 is 0.971 bits per heavy atom. The standard InChI is InChI=1S/C25H22FN3O6/c1-32-22-10-18(5-8-20(22)33-14-16-2-6-19(26)7-3-16)13-28-29-25(31)24(30)27-12-17-4-9-21-23(11-17)35-15-34-21/h2-11,13H,12,14-15H2,1H3,(H,27,30)(H,29,31)/b28-13+. The van der Waals surface area contributed by atoms with Crippen molar-refractivity contribution < 1.29 is 32.9 Å². The molecule has 0 aliphatic carbocycles. The quantitative estimate of drug-likeness (QED) is 0.292. The first-order chi connectivity index (χ1) is 17.0. The minimum Gasteiger partial charge on any atom is -0.493 e. The van der Waals surface area contributed by atoms with E-state index in [0.717, 1.165) is 11.1 Å². The maximum Gasteiger partial charge on any atom is 0.329 e.